The molecule has 6 heteroatoms. The van der Waals surface area contributed by atoms with Crippen LogP contribution < -0.4 is 11.1 Å². The van der Waals surface area contributed by atoms with Gasteiger partial charge in [-0.3, -0.25) is 10.1 Å². The molecule has 0 bridgehead atoms. The third kappa shape index (κ3) is 3.89. The third-order valence-corrected chi connectivity index (χ3v) is 2.15. The fourth-order valence-electron chi connectivity index (χ4n) is 1.28. The zero-order valence-corrected chi connectivity index (χ0v) is 10.1. The molecule has 0 aliphatic heterocycles. The van der Waals surface area contributed by atoms with Crippen LogP contribution >= 0.6 is 0 Å². The molecule has 0 saturated carbocycles. The molecule has 0 aliphatic carbocycles. The number of nitrogens with one attached hydrogen (secondary N) is 1. The lowest BCUT2D eigenvalue weighted by Crippen LogP contribution is -2.42. The number of hydrogen-bond donors (Lipinski definition) is 2. The summed E-state index contributed by atoms with van der Waals surface area (Å²) in [5.41, 5.74) is 6.02. The molecule has 0 aromatic heterocycles. The zero-order chi connectivity index (χ0) is 13.7. The Morgan fingerprint density at radius 3 is 2.56 bits per heavy atom. The van der Waals surface area contributed by atoms with Crippen molar-refractivity contribution in [3.05, 3.63) is 35.4 Å². The number of carbonyl (C=O) groups is 3. The van der Waals surface area contributed by atoms with Crippen molar-refractivity contribution in [2.24, 2.45) is 5.73 Å². The van der Waals surface area contributed by atoms with Crippen LogP contribution in [0.15, 0.2) is 24.3 Å². The van der Waals surface area contributed by atoms with Crippen molar-refractivity contribution in [2.75, 3.05) is 0 Å². The lowest BCUT2D eigenvalue weighted by Gasteiger charge is -2.12. The second kappa shape index (κ2) is 5.81. The highest BCUT2D eigenvalue weighted by Gasteiger charge is 2.19. The number of carbonyl (C=O) groups excluding carboxylic acids is 3. The zero-order valence-electron chi connectivity index (χ0n) is 10.1. The maximum Gasteiger partial charge on any atom is 0.338 e. The molecule has 0 fully saturated rings. The molecule has 1 unspecified atom stereocenters. The number of imide groups is 1. The number of esters is 1. The van der Waals surface area contributed by atoms with E-state index < -0.39 is 24.0 Å². The van der Waals surface area contributed by atoms with Crippen LogP contribution in [0.2, 0.25) is 0 Å². The molecule has 1 atom stereocenters. The fourth-order valence-corrected chi connectivity index (χ4v) is 1.28. The van der Waals surface area contributed by atoms with E-state index in [1.165, 1.54) is 6.92 Å². The molecule has 0 spiro atoms. The average Bonchev–Trinajstić information content (AvgIpc) is 2.27. The first kappa shape index (κ1) is 13.7. The first-order valence-corrected chi connectivity index (χ1v) is 5.28. The van der Waals surface area contributed by atoms with E-state index in [2.05, 4.69) is 0 Å². The predicted octanol–water partition coefficient (Wildman–Crippen LogP) is 0.735. The summed E-state index contributed by atoms with van der Waals surface area (Å²) in [5.74, 6) is -1.39. The molecule has 96 valence electrons. The Bertz CT molecular complexity index is 485. The van der Waals surface area contributed by atoms with Gasteiger partial charge in [-0.25, -0.2) is 9.59 Å². The van der Waals surface area contributed by atoms with Gasteiger partial charge in [0.2, 0.25) is 0 Å². The van der Waals surface area contributed by atoms with Gasteiger partial charge in [0.1, 0.15) is 0 Å². The number of primary amides is 1. The molecule has 3 amide bonds. The van der Waals surface area contributed by atoms with Crippen LogP contribution in [-0.4, -0.2) is 24.0 Å². The van der Waals surface area contributed by atoms with Crippen LogP contribution in [-0.2, 0) is 9.53 Å². The van der Waals surface area contributed by atoms with Gasteiger partial charge in [0, 0.05) is 0 Å². The molecule has 0 heterocycles. The minimum atomic E-state index is -1.09. The monoisotopic (exact) mass is 250 g/mol. The Morgan fingerprint density at radius 2 is 2.00 bits per heavy atom. The molecule has 0 aliphatic rings. The van der Waals surface area contributed by atoms with E-state index in [0.29, 0.717) is 5.56 Å². The fraction of sp³-hybridized carbons (Fsp3) is 0.250. The summed E-state index contributed by atoms with van der Waals surface area (Å²) >= 11 is 0. The number of nitrogens with two attached hydrogens (primary N) is 1. The van der Waals surface area contributed by atoms with E-state index in [4.69, 9.17) is 10.5 Å². The molecule has 3 N–H and O–H groups in total. The number of urea groups is 1. The van der Waals surface area contributed by atoms with Gasteiger partial charge in [-0.2, -0.15) is 0 Å². The first-order chi connectivity index (χ1) is 8.40. The molecular formula is C12H14N2O4. The van der Waals surface area contributed by atoms with Crippen LogP contribution in [0.5, 0.6) is 0 Å². The number of benzene rings is 1. The largest absolute Gasteiger partial charge is 0.449 e. The molecule has 0 radical (unpaired) electrons. The van der Waals surface area contributed by atoms with E-state index in [1.807, 2.05) is 18.3 Å². The summed E-state index contributed by atoms with van der Waals surface area (Å²) in [6.07, 6.45) is -1.09. The molecule has 1 rings (SSSR count). The van der Waals surface area contributed by atoms with Gasteiger partial charge in [0.15, 0.2) is 6.10 Å². The smallest absolute Gasteiger partial charge is 0.338 e. The van der Waals surface area contributed by atoms with E-state index in [1.54, 1.807) is 18.2 Å². The van der Waals surface area contributed by atoms with Crippen molar-refractivity contribution >= 4 is 17.9 Å². The van der Waals surface area contributed by atoms with Crippen molar-refractivity contribution < 1.29 is 19.1 Å². The number of hydrogen-bond acceptors (Lipinski definition) is 4. The molecular weight excluding hydrogens is 236 g/mol. The van der Waals surface area contributed by atoms with Crippen LogP contribution in [0, 0.1) is 6.92 Å². The van der Waals surface area contributed by atoms with Crippen molar-refractivity contribution in [2.45, 2.75) is 20.0 Å². The summed E-state index contributed by atoms with van der Waals surface area (Å²) in [4.78, 5) is 33.4. The topological polar surface area (TPSA) is 98.5 Å². The van der Waals surface area contributed by atoms with Crippen LogP contribution in [0.3, 0.4) is 0 Å². The summed E-state index contributed by atoms with van der Waals surface area (Å²) in [5, 5.41) is 1.83. The maximum atomic E-state index is 11.7. The second-order valence-electron chi connectivity index (χ2n) is 3.77. The average molecular weight is 250 g/mol. The normalized spacial score (nSPS) is 11.4. The van der Waals surface area contributed by atoms with Crippen LogP contribution in [0.1, 0.15) is 22.8 Å². The van der Waals surface area contributed by atoms with Crippen molar-refractivity contribution in [3.8, 4) is 0 Å². The van der Waals surface area contributed by atoms with Crippen molar-refractivity contribution in [1.82, 2.24) is 5.32 Å². The number of amides is 3. The number of aryl methyl sites for hydroxylation is 1. The quantitative estimate of drug-likeness (QED) is 0.773. The first-order valence-electron chi connectivity index (χ1n) is 5.28. The summed E-state index contributed by atoms with van der Waals surface area (Å²) in [6, 6.07) is 5.77. The Labute approximate surface area is 104 Å². The molecule has 6 nitrogen and oxygen atoms in total. The summed E-state index contributed by atoms with van der Waals surface area (Å²) in [7, 11) is 0. The Hall–Kier alpha value is -2.37. The highest BCUT2D eigenvalue weighted by atomic mass is 16.5. The maximum absolute atomic E-state index is 11.7. The molecule has 1 aromatic rings. The number of ether oxygens (including phenoxy) is 1. The summed E-state index contributed by atoms with van der Waals surface area (Å²) < 4.78 is 4.90. The predicted molar refractivity (Wildman–Crippen MR) is 63.8 cm³/mol. The highest BCUT2D eigenvalue weighted by Crippen LogP contribution is 2.07. The van der Waals surface area contributed by atoms with Crippen molar-refractivity contribution in [1.29, 1.82) is 0 Å². The summed E-state index contributed by atoms with van der Waals surface area (Å²) in [6.45, 7) is 3.19. The standard InChI is InChI=1S/C12H14N2O4/c1-7-4-3-5-9(6-7)11(16)18-8(2)10(15)14-12(13)17/h3-6,8H,1-2H3,(H3,13,14,15,17). The van der Waals surface area contributed by atoms with Gasteiger partial charge >= 0.3 is 12.0 Å². The van der Waals surface area contributed by atoms with Gasteiger partial charge in [0.25, 0.3) is 5.91 Å². The lowest BCUT2D eigenvalue weighted by molar-refractivity contribution is -0.127. The third-order valence-electron chi connectivity index (χ3n) is 2.15. The van der Waals surface area contributed by atoms with E-state index in [-0.39, 0.29) is 0 Å². The molecule has 18 heavy (non-hydrogen) atoms. The Kier molecular flexibility index (Phi) is 4.42. The minimum Gasteiger partial charge on any atom is -0.449 e. The van der Waals surface area contributed by atoms with Gasteiger partial charge < -0.3 is 10.5 Å². The van der Waals surface area contributed by atoms with Crippen LogP contribution in [0.4, 0.5) is 4.79 Å². The van der Waals surface area contributed by atoms with E-state index in [0.717, 1.165) is 5.56 Å². The van der Waals surface area contributed by atoms with Gasteiger partial charge in [-0.15, -0.1) is 0 Å². The lowest BCUT2D eigenvalue weighted by atomic mass is 10.1. The van der Waals surface area contributed by atoms with Gasteiger partial charge in [0.05, 0.1) is 5.56 Å². The number of rotatable bonds is 3. The van der Waals surface area contributed by atoms with E-state index in [9.17, 15) is 14.4 Å². The highest BCUT2D eigenvalue weighted by molar-refractivity contribution is 5.98. The van der Waals surface area contributed by atoms with Gasteiger partial charge in [-0.1, -0.05) is 17.7 Å². The van der Waals surface area contributed by atoms with Gasteiger partial charge in [-0.05, 0) is 26.0 Å². The van der Waals surface area contributed by atoms with Crippen molar-refractivity contribution in [3.63, 3.8) is 0 Å². The molecule has 0 saturated heterocycles. The Morgan fingerprint density at radius 1 is 1.33 bits per heavy atom. The SMILES string of the molecule is Cc1cccc(C(=O)OC(C)C(=O)NC(N)=O)c1. The minimum absolute atomic E-state index is 0.341. The Balaban J connectivity index is 2.65. The molecule has 1 aromatic carbocycles. The van der Waals surface area contributed by atoms with Crippen LogP contribution in [0.25, 0.3) is 0 Å². The second-order valence-corrected chi connectivity index (χ2v) is 3.77. The van der Waals surface area contributed by atoms with E-state index >= 15 is 0 Å².